The molecule has 7 rings (SSSR count). The molecule has 156 valence electrons. The SMILES string of the molecule is Clc1ccc(-c2cc(-c3ccc4sc5ccccc5c4c3)cc3oc4ccccc4c23)cc1. The minimum absolute atomic E-state index is 0.734. The molecule has 0 aliphatic carbocycles. The Morgan fingerprint density at radius 1 is 0.545 bits per heavy atom. The fraction of sp³-hybridized carbons (Fsp3) is 0. The van der Waals surface area contributed by atoms with E-state index in [9.17, 15) is 0 Å². The van der Waals surface area contributed by atoms with Crippen molar-refractivity contribution in [1.82, 2.24) is 0 Å². The van der Waals surface area contributed by atoms with Crippen molar-refractivity contribution in [3.05, 3.63) is 108 Å². The van der Waals surface area contributed by atoms with E-state index in [0.29, 0.717) is 0 Å². The van der Waals surface area contributed by atoms with Gasteiger partial charge >= 0.3 is 0 Å². The average molecular weight is 461 g/mol. The Morgan fingerprint density at radius 2 is 1.27 bits per heavy atom. The Hall–Kier alpha value is -3.59. The van der Waals surface area contributed by atoms with Crippen LogP contribution in [0.2, 0.25) is 5.02 Å². The lowest BCUT2D eigenvalue weighted by atomic mass is 9.94. The van der Waals surface area contributed by atoms with E-state index in [1.165, 1.54) is 25.7 Å². The normalized spacial score (nSPS) is 11.8. The maximum absolute atomic E-state index is 6.32. The highest BCUT2D eigenvalue weighted by molar-refractivity contribution is 7.25. The summed E-state index contributed by atoms with van der Waals surface area (Å²) < 4.78 is 8.95. The van der Waals surface area contributed by atoms with Gasteiger partial charge in [-0.25, -0.2) is 0 Å². The number of furan rings is 1. The second kappa shape index (κ2) is 7.21. The molecule has 0 N–H and O–H groups in total. The van der Waals surface area contributed by atoms with E-state index >= 15 is 0 Å². The van der Waals surface area contributed by atoms with Gasteiger partial charge in [0.05, 0.1) is 0 Å². The van der Waals surface area contributed by atoms with Crippen LogP contribution < -0.4 is 0 Å². The molecule has 0 aliphatic rings. The van der Waals surface area contributed by atoms with Crippen LogP contribution in [0.1, 0.15) is 0 Å². The van der Waals surface area contributed by atoms with Gasteiger partial charge in [-0.15, -0.1) is 11.3 Å². The molecule has 0 bridgehead atoms. The van der Waals surface area contributed by atoms with Crippen LogP contribution in [-0.2, 0) is 0 Å². The van der Waals surface area contributed by atoms with Crippen LogP contribution in [0.25, 0.3) is 64.4 Å². The van der Waals surface area contributed by atoms with Crippen molar-refractivity contribution >= 4 is 65.0 Å². The molecule has 0 fully saturated rings. The van der Waals surface area contributed by atoms with Gasteiger partial charge in [-0.2, -0.15) is 0 Å². The van der Waals surface area contributed by atoms with Gasteiger partial charge in [-0.3, -0.25) is 0 Å². The number of thiophene rings is 1. The quantitative estimate of drug-likeness (QED) is 0.250. The third-order valence-corrected chi connectivity index (χ3v) is 7.75. The van der Waals surface area contributed by atoms with Gasteiger partial charge in [-0.1, -0.05) is 66.2 Å². The number of hydrogen-bond acceptors (Lipinski definition) is 2. The van der Waals surface area contributed by atoms with E-state index in [2.05, 4.69) is 78.9 Å². The molecule has 0 radical (unpaired) electrons. The molecular formula is C30H17ClOS. The van der Waals surface area contributed by atoms with Crippen molar-refractivity contribution in [1.29, 1.82) is 0 Å². The molecule has 0 atom stereocenters. The molecule has 0 saturated carbocycles. The number of para-hydroxylation sites is 1. The first kappa shape index (κ1) is 18.9. The summed E-state index contributed by atoms with van der Waals surface area (Å²) in [6.45, 7) is 0. The first-order valence-electron chi connectivity index (χ1n) is 10.9. The summed E-state index contributed by atoms with van der Waals surface area (Å²) in [5, 5.41) is 5.60. The van der Waals surface area contributed by atoms with Crippen LogP contribution >= 0.6 is 22.9 Å². The second-order valence-corrected chi connectivity index (χ2v) is 9.83. The fourth-order valence-corrected chi connectivity index (χ4v) is 6.00. The number of benzene rings is 5. The highest BCUT2D eigenvalue weighted by atomic mass is 35.5. The number of hydrogen-bond donors (Lipinski definition) is 0. The number of fused-ring (bicyclic) bond motifs is 6. The molecule has 1 nitrogen and oxygen atoms in total. The summed E-state index contributed by atoms with van der Waals surface area (Å²) >= 11 is 8.03. The molecule has 0 unspecified atom stereocenters. The zero-order valence-corrected chi connectivity index (χ0v) is 19.1. The molecule has 7 aromatic rings. The Morgan fingerprint density at radius 3 is 2.15 bits per heavy atom. The summed E-state index contributed by atoms with van der Waals surface area (Å²) in [6.07, 6.45) is 0. The lowest BCUT2D eigenvalue weighted by Crippen LogP contribution is -1.84. The highest BCUT2D eigenvalue weighted by Crippen LogP contribution is 2.42. The van der Waals surface area contributed by atoms with Crippen molar-refractivity contribution in [3.63, 3.8) is 0 Å². The smallest absolute Gasteiger partial charge is 0.136 e. The predicted molar refractivity (Wildman–Crippen MR) is 142 cm³/mol. The summed E-state index contributed by atoms with van der Waals surface area (Å²) in [4.78, 5) is 0. The van der Waals surface area contributed by atoms with E-state index in [1.54, 1.807) is 0 Å². The van der Waals surface area contributed by atoms with Crippen LogP contribution in [0, 0.1) is 0 Å². The zero-order chi connectivity index (χ0) is 21.9. The lowest BCUT2D eigenvalue weighted by Gasteiger charge is -2.09. The summed E-state index contributed by atoms with van der Waals surface area (Å²) in [5.74, 6) is 0. The molecular weight excluding hydrogens is 444 g/mol. The monoisotopic (exact) mass is 460 g/mol. The molecule has 0 saturated heterocycles. The van der Waals surface area contributed by atoms with Crippen LogP contribution in [0.15, 0.2) is 108 Å². The molecule has 2 heterocycles. The van der Waals surface area contributed by atoms with Gasteiger partial charge in [-0.05, 0) is 70.8 Å². The molecule has 5 aromatic carbocycles. The van der Waals surface area contributed by atoms with E-state index < -0.39 is 0 Å². The van der Waals surface area contributed by atoms with Crippen molar-refractivity contribution in [2.45, 2.75) is 0 Å². The third kappa shape index (κ3) is 2.99. The Balaban J connectivity index is 1.53. The van der Waals surface area contributed by atoms with Crippen molar-refractivity contribution in [2.75, 3.05) is 0 Å². The van der Waals surface area contributed by atoms with Crippen molar-refractivity contribution in [2.24, 2.45) is 0 Å². The zero-order valence-electron chi connectivity index (χ0n) is 17.5. The predicted octanol–water partition coefficient (Wildman–Crippen LogP) is 9.94. The minimum atomic E-state index is 0.734. The molecule has 0 aliphatic heterocycles. The molecule has 3 heteroatoms. The lowest BCUT2D eigenvalue weighted by molar-refractivity contribution is 0.669. The van der Waals surface area contributed by atoms with Crippen molar-refractivity contribution < 1.29 is 4.42 Å². The van der Waals surface area contributed by atoms with E-state index in [0.717, 1.165) is 43.7 Å². The average Bonchev–Trinajstić information content (AvgIpc) is 3.41. The highest BCUT2D eigenvalue weighted by Gasteiger charge is 2.16. The fourth-order valence-electron chi connectivity index (χ4n) is 4.78. The van der Waals surface area contributed by atoms with Gasteiger partial charge in [0.15, 0.2) is 0 Å². The third-order valence-electron chi connectivity index (χ3n) is 6.34. The molecule has 0 amide bonds. The first-order chi connectivity index (χ1) is 16.2. The van der Waals surface area contributed by atoms with Gasteiger partial charge in [0.25, 0.3) is 0 Å². The Labute approximate surface area is 199 Å². The topological polar surface area (TPSA) is 13.1 Å². The Kier molecular flexibility index (Phi) is 4.14. The minimum Gasteiger partial charge on any atom is -0.456 e. The largest absolute Gasteiger partial charge is 0.456 e. The summed E-state index contributed by atoms with van der Waals surface area (Å²) in [6, 6.07) is 36.1. The molecule has 33 heavy (non-hydrogen) atoms. The maximum Gasteiger partial charge on any atom is 0.136 e. The van der Waals surface area contributed by atoms with Crippen LogP contribution in [0.5, 0.6) is 0 Å². The Bertz CT molecular complexity index is 1820. The van der Waals surface area contributed by atoms with E-state index in [-0.39, 0.29) is 0 Å². The maximum atomic E-state index is 6.32. The van der Waals surface area contributed by atoms with Gasteiger partial charge in [0.2, 0.25) is 0 Å². The van der Waals surface area contributed by atoms with Gasteiger partial charge in [0, 0.05) is 36.0 Å². The molecule has 2 aromatic heterocycles. The van der Waals surface area contributed by atoms with Gasteiger partial charge < -0.3 is 4.42 Å². The molecule has 0 spiro atoms. The van der Waals surface area contributed by atoms with Crippen LogP contribution in [0.4, 0.5) is 0 Å². The summed E-state index contributed by atoms with van der Waals surface area (Å²) in [5.41, 5.74) is 6.40. The van der Waals surface area contributed by atoms with Crippen molar-refractivity contribution in [3.8, 4) is 22.3 Å². The van der Waals surface area contributed by atoms with E-state index in [4.69, 9.17) is 16.0 Å². The summed E-state index contributed by atoms with van der Waals surface area (Å²) in [7, 11) is 0. The number of rotatable bonds is 2. The van der Waals surface area contributed by atoms with Gasteiger partial charge in [0.1, 0.15) is 11.2 Å². The second-order valence-electron chi connectivity index (χ2n) is 8.31. The van der Waals surface area contributed by atoms with Crippen LogP contribution in [-0.4, -0.2) is 0 Å². The first-order valence-corrected chi connectivity index (χ1v) is 12.1. The van der Waals surface area contributed by atoms with E-state index in [1.807, 2.05) is 35.6 Å². The van der Waals surface area contributed by atoms with Crippen LogP contribution in [0.3, 0.4) is 0 Å². The standard InChI is InChI=1S/C30H17ClOS/c31-21-12-9-18(10-13-21)24-16-20(17-27-30(24)23-6-1-3-7-26(23)32-27)19-11-14-29-25(15-19)22-5-2-4-8-28(22)33-29/h1-17H. The number of halogens is 1.